The van der Waals surface area contributed by atoms with Crippen molar-refractivity contribution in [3.63, 3.8) is 0 Å². The van der Waals surface area contributed by atoms with Crippen LogP contribution in [0.15, 0.2) is 34.5 Å². The van der Waals surface area contributed by atoms with Gasteiger partial charge in [0.05, 0.1) is 6.10 Å². The minimum atomic E-state index is -0.867. The smallest absolute Gasteiger partial charge is 0.330 e. The second kappa shape index (κ2) is 6.38. The van der Waals surface area contributed by atoms with E-state index in [1.54, 1.807) is 6.08 Å². The highest BCUT2D eigenvalue weighted by atomic mass is 16.6. The first-order valence-electron chi connectivity index (χ1n) is 6.78. The number of rotatable bonds is 5. The number of nitrogens with zero attached hydrogens (tertiary/aromatic N) is 1. The van der Waals surface area contributed by atoms with E-state index in [4.69, 9.17) is 9.47 Å². The summed E-state index contributed by atoms with van der Waals surface area (Å²) in [6.07, 6.45) is 0.946. The van der Waals surface area contributed by atoms with Gasteiger partial charge in [-0.2, -0.15) is 0 Å². The van der Waals surface area contributed by atoms with Crippen molar-refractivity contribution < 1.29 is 14.6 Å². The van der Waals surface area contributed by atoms with Gasteiger partial charge in [0, 0.05) is 19.4 Å². The molecule has 5 atom stereocenters. The van der Waals surface area contributed by atoms with Crippen molar-refractivity contribution in [1.82, 2.24) is 9.55 Å². The first kappa shape index (κ1) is 15.7. The van der Waals surface area contributed by atoms with E-state index in [9.17, 15) is 14.7 Å². The molecule has 1 aromatic heterocycles. The summed E-state index contributed by atoms with van der Waals surface area (Å²) in [6, 6.07) is 1.23. The largest absolute Gasteiger partial charge is 0.387 e. The molecule has 21 heavy (non-hydrogen) atoms. The molecule has 7 nitrogen and oxygen atoms in total. The minimum absolute atomic E-state index is 0.0265. The molecule has 0 amide bonds. The van der Waals surface area contributed by atoms with Gasteiger partial charge in [-0.1, -0.05) is 13.0 Å². The Labute approximate surface area is 121 Å². The van der Waals surface area contributed by atoms with Crippen molar-refractivity contribution in [1.29, 1.82) is 0 Å². The number of methoxy groups -OCH3 is 1. The monoisotopic (exact) mass is 296 g/mol. The Morgan fingerprint density at radius 3 is 2.90 bits per heavy atom. The third-order valence-electron chi connectivity index (χ3n) is 3.75. The van der Waals surface area contributed by atoms with Gasteiger partial charge in [0.2, 0.25) is 0 Å². The SMILES string of the molecule is C=CC[C@H](C)[C@H]1O[C@@H](n2ccc(=O)[nH]c2=O)[C@@H](OC)C1O. The molecule has 1 aliphatic rings. The molecule has 1 fully saturated rings. The predicted molar refractivity (Wildman–Crippen MR) is 76.0 cm³/mol. The van der Waals surface area contributed by atoms with Gasteiger partial charge < -0.3 is 14.6 Å². The van der Waals surface area contributed by atoms with Gasteiger partial charge >= 0.3 is 5.69 Å². The molecule has 2 heterocycles. The predicted octanol–water partition coefficient (Wildman–Crippen LogP) is 0.0221. The fourth-order valence-electron chi connectivity index (χ4n) is 2.65. The number of aromatic nitrogens is 2. The van der Waals surface area contributed by atoms with Gasteiger partial charge in [-0.3, -0.25) is 14.3 Å². The number of aromatic amines is 1. The van der Waals surface area contributed by atoms with E-state index in [1.807, 2.05) is 6.92 Å². The highest BCUT2D eigenvalue weighted by molar-refractivity contribution is 4.96. The quantitative estimate of drug-likeness (QED) is 0.747. The van der Waals surface area contributed by atoms with Gasteiger partial charge in [0.15, 0.2) is 6.23 Å². The minimum Gasteiger partial charge on any atom is -0.387 e. The molecule has 116 valence electrons. The maximum atomic E-state index is 11.9. The molecule has 0 aliphatic carbocycles. The third kappa shape index (κ3) is 2.99. The average molecular weight is 296 g/mol. The van der Waals surface area contributed by atoms with E-state index in [0.29, 0.717) is 6.42 Å². The molecule has 2 rings (SSSR count). The van der Waals surface area contributed by atoms with Crippen LogP contribution in [-0.2, 0) is 9.47 Å². The third-order valence-corrected chi connectivity index (χ3v) is 3.75. The Hall–Kier alpha value is -1.70. The Bertz CT molecular complexity index is 608. The highest BCUT2D eigenvalue weighted by Gasteiger charge is 2.47. The van der Waals surface area contributed by atoms with Gasteiger partial charge in [-0.05, 0) is 12.3 Å². The molecule has 1 saturated heterocycles. The van der Waals surface area contributed by atoms with Crippen LogP contribution >= 0.6 is 0 Å². The van der Waals surface area contributed by atoms with Crippen LogP contribution in [0.1, 0.15) is 19.6 Å². The molecule has 1 unspecified atom stereocenters. The molecule has 0 spiro atoms. The maximum absolute atomic E-state index is 11.9. The van der Waals surface area contributed by atoms with Crippen LogP contribution < -0.4 is 11.2 Å². The summed E-state index contributed by atoms with van der Waals surface area (Å²) in [5, 5.41) is 10.4. The maximum Gasteiger partial charge on any atom is 0.330 e. The van der Waals surface area contributed by atoms with E-state index in [2.05, 4.69) is 11.6 Å². The number of allylic oxidation sites excluding steroid dienone is 1. The van der Waals surface area contributed by atoms with Crippen molar-refractivity contribution in [3.8, 4) is 0 Å². The average Bonchev–Trinajstić information content (AvgIpc) is 2.76. The number of ether oxygens (including phenoxy) is 2. The van der Waals surface area contributed by atoms with E-state index in [1.165, 1.54) is 23.9 Å². The Kier molecular flexibility index (Phi) is 4.76. The van der Waals surface area contributed by atoms with Crippen molar-refractivity contribution >= 4 is 0 Å². The first-order chi connectivity index (χ1) is 9.99. The lowest BCUT2D eigenvalue weighted by Crippen LogP contribution is -2.39. The number of H-pyrrole nitrogens is 1. The Morgan fingerprint density at radius 2 is 2.33 bits per heavy atom. The fraction of sp³-hybridized carbons (Fsp3) is 0.571. The summed E-state index contributed by atoms with van der Waals surface area (Å²) >= 11 is 0. The number of hydrogen-bond donors (Lipinski definition) is 2. The second-order valence-corrected chi connectivity index (χ2v) is 5.20. The second-order valence-electron chi connectivity index (χ2n) is 5.20. The molecule has 2 N–H and O–H groups in total. The summed E-state index contributed by atoms with van der Waals surface area (Å²) in [6.45, 7) is 5.60. The van der Waals surface area contributed by atoms with E-state index < -0.39 is 35.8 Å². The number of aliphatic hydroxyl groups is 1. The summed E-state index contributed by atoms with van der Waals surface area (Å²) in [5.74, 6) is 0.0265. The molecule has 0 bridgehead atoms. The van der Waals surface area contributed by atoms with E-state index >= 15 is 0 Å². The molecule has 7 heteroatoms. The number of aliphatic hydroxyl groups excluding tert-OH is 1. The molecular formula is C14H20N2O5. The topological polar surface area (TPSA) is 93.6 Å². The van der Waals surface area contributed by atoms with E-state index in [-0.39, 0.29) is 5.92 Å². The molecular weight excluding hydrogens is 276 g/mol. The summed E-state index contributed by atoms with van der Waals surface area (Å²) < 4.78 is 12.3. The van der Waals surface area contributed by atoms with Gasteiger partial charge in [-0.25, -0.2) is 4.79 Å². The van der Waals surface area contributed by atoms with E-state index in [0.717, 1.165) is 0 Å². The summed E-state index contributed by atoms with van der Waals surface area (Å²) in [4.78, 5) is 25.2. The first-order valence-corrected chi connectivity index (χ1v) is 6.78. The molecule has 0 saturated carbocycles. The van der Waals surface area contributed by atoms with Crippen molar-refractivity contribution in [2.75, 3.05) is 7.11 Å². The normalized spacial score (nSPS) is 30.2. The van der Waals surface area contributed by atoms with Gasteiger partial charge in [0.1, 0.15) is 12.2 Å². The molecule has 1 aromatic rings. The van der Waals surface area contributed by atoms with Crippen LogP contribution in [0.5, 0.6) is 0 Å². The lowest BCUT2D eigenvalue weighted by atomic mass is 9.95. The van der Waals surface area contributed by atoms with Crippen LogP contribution in [-0.4, -0.2) is 40.1 Å². The number of nitrogens with one attached hydrogen (secondary N) is 1. The zero-order valence-electron chi connectivity index (χ0n) is 12.1. The zero-order chi connectivity index (χ0) is 15.6. The summed E-state index contributed by atoms with van der Waals surface area (Å²) in [7, 11) is 1.45. The summed E-state index contributed by atoms with van der Waals surface area (Å²) in [5.41, 5.74) is -1.08. The lowest BCUT2D eigenvalue weighted by molar-refractivity contribution is -0.0631. The lowest BCUT2D eigenvalue weighted by Gasteiger charge is -2.21. The van der Waals surface area contributed by atoms with Gasteiger partial charge in [0.25, 0.3) is 5.56 Å². The highest BCUT2D eigenvalue weighted by Crippen LogP contribution is 2.34. The number of hydrogen-bond acceptors (Lipinski definition) is 5. The van der Waals surface area contributed by atoms with Crippen LogP contribution in [0.2, 0.25) is 0 Å². The van der Waals surface area contributed by atoms with Crippen molar-refractivity contribution in [3.05, 3.63) is 45.8 Å². The fourth-order valence-corrected chi connectivity index (χ4v) is 2.65. The Balaban J connectivity index is 2.33. The molecule has 1 aliphatic heterocycles. The van der Waals surface area contributed by atoms with Gasteiger partial charge in [-0.15, -0.1) is 6.58 Å². The van der Waals surface area contributed by atoms with Crippen molar-refractivity contribution in [2.45, 2.75) is 37.9 Å². The molecule has 0 aromatic carbocycles. The van der Waals surface area contributed by atoms with Crippen LogP contribution in [0.4, 0.5) is 0 Å². The van der Waals surface area contributed by atoms with Crippen molar-refractivity contribution in [2.24, 2.45) is 5.92 Å². The van der Waals surface area contributed by atoms with Crippen LogP contribution in [0, 0.1) is 5.92 Å². The zero-order valence-corrected chi connectivity index (χ0v) is 12.1. The molecule has 0 radical (unpaired) electrons. The van der Waals surface area contributed by atoms with Crippen LogP contribution in [0.3, 0.4) is 0 Å². The Morgan fingerprint density at radius 1 is 1.62 bits per heavy atom. The standard InChI is InChI=1S/C14H20N2O5/c1-4-5-8(2)11-10(18)12(20-3)13(21-11)16-7-6-9(17)15-14(16)19/h4,6-8,10-13,18H,1,5H2,2-3H3,(H,15,17,19)/t8-,10?,11+,12-,13+/m0/s1. The van der Waals surface area contributed by atoms with Crippen LogP contribution in [0.25, 0.3) is 0 Å².